The SMILES string of the molecule is CCSc1nc(N)c(C(N)=S)s1. The van der Waals surface area contributed by atoms with Crippen LogP contribution in [0, 0.1) is 0 Å². The Bertz CT molecular complexity index is 294. The average Bonchev–Trinajstić information content (AvgIpc) is 2.32. The Morgan fingerprint density at radius 3 is 2.83 bits per heavy atom. The molecule has 0 aromatic carbocycles. The van der Waals surface area contributed by atoms with Gasteiger partial charge in [-0.25, -0.2) is 4.98 Å². The van der Waals surface area contributed by atoms with Crippen LogP contribution < -0.4 is 11.5 Å². The number of nitrogens with zero attached hydrogens (tertiary/aromatic N) is 1. The lowest BCUT2D eigenvalue weighted by Crippen LogP contribution is -2.09. The number of thiazole rings is 1. The molecule has 3 nitrogen and oxygen atoms in total. The monoisotopic (exact) mass is 219 g/mol. The maximum atomic E-state index is 5.59. The van der Waals surface area contributed by atoms with E-state index in [2.05, 4.69) is 11.9 Å². The predicted octanol–water partition coefficient (Wildman–Crippen LogP) is 1.47. The number of nitrogen functional groups attached to an aromatic ring is 1. The molecule has 0 radical (unpaired) electrons. The van der Waals surface area contributed by atoms with Crippen LogP contribution in [-0.4, -0.2) is 15.7 Å². The summed E-state index contributed by atoms with van der Waals surface area (Å²) in [4.78, 5) is 5.16. The number of thiocarbonyl (C=S) groups is 1. The number of anilines is 1. The zero-order chi connectivity index (χ0) is 9.14. The van der Waals surface area contributed by atoms with Gasteiger partial charge in [-0.3, -0.25) is 0 Å². The first kappa shape index (κ1) is 9.76. The summed E-state index contributed by atoms with van der Waals surface area (Å²) in [5.74, 6) is 1.42. The van der Waals surface area contributed by atoms with E-state index in [-0.39, 0.29) is 0 Å². The van der Waals surface area contributed by atoms with E-state index in [1.165, 1.54) is 11.3 Å². The zero-order valence-corrected chi connectivity index (χ0v) is 8.98. The summed E-state index contributed by atoms with van der Waals surface area (Å²) in [6.07, 6.45) is 0. The van der Waals surface area contributed by atoms with Crippen molar-refractivity contribution in [3.05, 3.63) is 4.88 Å². The standard InChI is InChI=1S/C6H9N3S3/c1-2-11-6-9-4(7)3(12-6)5(8)10/h2,7H2,1H3,(H2,8,10). The van der Waals surface area contributed by atoms with Crippen molar-refractivity contribution in [3.63, 3.8) is 0 Å². The number of nitrogens with two attached hydrogens (primary N) is 2. The van der Waals surface area contributed by atoms with Crippen molar-refractivity contribution in [2.75, 3.05) is 11.5 Å². The highest BCUT2D eigenvalue weighted by atomic mass is 32.2. The molecule has 1 heterocycles. The molecule has 6 heteroatoms. The van der Waals surface area contributed by atoms with Gasteiger partial charge in [0.2, 0.25) is 0 Å². The first-order valence-corrected chi connectivity index (χ1v) is 5.55. The molecule has 0 bridgehead atoms. The highest BCUT2D eigenvalue weighted by molar-refractivity contribution is 8.01. The van der Waals surface area contributed by atoms with E-state index in [1.807, 2.05) is 0 Å². The van der Waals surface area contributed by atoms with E-state index < -0.39 is 0 Å². The molecule has 0 fully saturated rings. The van der Waals surface area contributed by atoms with Gasteiger partial charge in [0.05, 0.1) is 0 Å². The fourth-order valence-corrected chi connectivity index (χ4v) is 2.72. The first-order valence-electron chi connectivity index (χ1n) is 3.34. The van der Waals surface area contributed by atoms with Crippen LogP contribution in [-0.2, 0) is 0 Å². The summed E-state index contributed by atoms with van der Waals surface area (Å²) in [6, 6.07) is 0. The maximum absolute atomic E-state index is 5.59. The van der Waals surface area contributed by atoms with Crippen LogP contribution in [0.4, 0.5) is 5.82 Å². The van der Waals surface area contributed by atoms with Crippen LogP contribution >= 0.6 is 35.3 Å². The Balaban J connectivity index is 2.92. The van der Waals surface area contributed by atoms with Crippen LogP contribution in [0.5, 0.6) is 0 Å². The van der Waals surface area contributed by atoms with Gasteiger partial charge in [0.1, 0.15) is 15.7 Å². The summed E-state index contributed by atoms with van der Waals surface area (Å²) in [5, 5.41) is 0. The highest BCUT2D eigenvalue weighted by Crippen LogP contribution is 2.28. The molecule has 12 heavy (non-hydrogen) atoms. The molecule has 0 aliphatic carbocycles. The molecule has 0 saturated carbocycles. The smallest absolute Gasteiger partial charge is 0.153 e. The minimum atomic E-state index is 0.327. The topological polar surface area (TPSA) is 64.9 Å². The molecule has 0 aliphatic heterocycles. The van der Waals surface area contributed by atoms with Gasteiger partial charge in [-0.05, 0) is 5.75 Å². The molecule has 0 spiro atoms. The molecule has 0 saturated heterocycles. The molecule has 0 atom stereocenters. The fraction of sp³-hybridized carbons (Fsp3) is 0.333. The van der Waals surface area contributed by atoms with Crippen molar-refractivity contribution in [1.82, 2.24) is 4.98 Å². The maximum Gasteiger partial charge on any atom is 0.153 e. The Kier molecular flexibility index (Phi) is 3.30. The lowest BCUT2D eigenvalue weighted by Gasteiger charge is -1.89. The first-order chi connectivity index (χ1) is 5.65. The van der Waals surface area contributed by atoms with Gasteiger partial charge >= 0.3 is 0 Å². The fourth-order valence-electron chi connectivity index (χ4n) is 0.673. The third kappa shape index (κ3) is 2.09. The van der Waals surface area contributed by atoms with Crippen molar-refractivity contribution in [2.45, 2.75) is 11.3 Å². The van der Waals surface area contributed by atoms with Gasteiger partial charge in [0, 0.05) is 0 Å². The van der Waals surface area contributed by atoms with Crippen LogP contribution in [0.1, 0.15) is 11.8 Å². The summed E-state index contributed by atoms with van der Waals surface area (Å²) < 4.78 is 0.929. The van der Waals surface area contributed by atoms with E-state index in [4.69, 9.17) is 23.7 Å². The number of thioether (sulfide) groups is 1. The summed E-state index contributed by atoms with van der Waals surface area (Å²) in [6.45, 7) is 2.06. The van der Waals surface area contributed by atoms with Gasteiger partial charge in [-0.2, -0.15) is 0 Å². The van der Waals surface area contributed by atoms with E-state index >= 15 is 0 Å². The van der Waals surface area contributed by atoms with E-state index in [1.54, 1.807) is 11.8 Å². The molecule has 0 aliphatic rings. The van der Waals surface area contributed by atoms with Crippen molar-refractivity contribution in [3.8, 4) is 0 Å². The number of rotatable bonds is 3. The van der Waals surface area contributed by atoms with Crippen LogP contribution in [0.25, 0.3) is 0 Å². The van der Waals surface area contributed by atoms with Gasteiger partial charge in [0.25, 0.3) is 0 Å². The van der Waals surface area contributed by atoms with Crippen molar-refractivity contribution >= 4 is 46.1 Å². The van der Waals surface area contributed by atoms with E-state index in [0.717, 1.165) is 15.0 Å². The zero-order valence-electron chi connectivity index (χ0n) is 6.53. The minimum Gasteiger partial charge on any atom is -0.389 e. The largest absolute Gasteiger partial charge is 0.389 e. The van der Waals surface area contributed by atoms with Crippen molar-refractivity contribution in [2.24, 2.45) is 5.73 Å². The molecule has 1 aromatic heterocycles. The van der Waals surface area contributed by atoms with Crippen LogP contribution in [0.15, 0.2) is 4.34 Å². The second kappa shape index (κ2) is 4.06. The second-order valence-corrected chi connectivity index (χ2v) is 4.94. The Morgan fingerprint density at radius 2 is 2.42 bits per heavy atom. The Morgan fingerprint density at radius 1 is 1.75 bits per heavy atom. The summed E-state index contributed by atoms with van der Waals surface area (Å²) in [5.41, 5.74) is 11.0. The Hall–Kier alpha value is -0.330. The summed E-state index contributed by atoms with van der Waals surface area (Å²) >= 11 is 7.90. The van der Waals surface area contributed by atoms with Gasteiger partial charge in [-0.15, -0.1) is 11.3 Å². The average molecular weight is 219 g/mol. The molecule has 1 rings (SSSR count). The Labute approximate surface area is 84.5 Å². The van der Waals surface area contributed by atoms with E-state index in [0.29, 0.717) is 10.8 Å². The van der Waals surface area contributed by atoms with E-state index in [9.17, 15) is 0 Å². The second-order valence-electron chi connectivity index (χ2n) is 1.99. The molecule has 66 valence electrons. The number of aromatic nitrogens is 1. The van der Waals surface area contributed by atoms with Gasteiger partial charge in [0.15, 0.2) is 4.34 Å². The quantitative estimate of drug-likeness (QED) is 0.595. The number of hydrogen-bond acceptors (Lipinski definition) is 5. The van der Waals surface area contributed by atoms with Crippen molar-refractivity contribution < 1.29 is 0 Å². The number of hydrogen-bond donors (Lipinski definition) is 2. The van der Waals surface area contributed by atoms with Crippen LogP contribution in [0.2, 0.25) is 0 Å². The molecular weight excluding hydrogens is 210 g/mol. The lowest BCUT2D eigenvalue weighted by atomic mass is 10.5. The molecule has 1 aromatic rings. The summed E-state index contributed by atoms with van der Waals surface area (Å²) in [7, 11) is 0. The molecule has 0 amide bonds. The highest BCUT2D eigenvalue weighted by Gasteiger charge is 2.09. The molecule has 0 unspecified atom stereocenters. The third-order valence-electron chi connectivity index (χ3n) is 1.13. The minimum absolute atomic E-state index is 0.327. The normalized spacial score (nSPS) is 10.1. The van der Waals surface area contributed by atoms with Gasteiger partial charge in [-0.1, -0.05) is 30.9 Å². The van der Waals surface area contributed by atoms with Crippen molar-refractivity contribution in [1.29, 1.82) is 0 Å². The van der Waals surface area contributed by atoms with Crippen LogP contribution in [0.3, 0.4) is 0 Å². The van der Waals surface area contributed by atoms with Gasteiger partial charge < -0.3 is 11.5 Å². The lowest BCUT2D eigenvalue weighted by molar-refractivity contribution is 1.25. The molecular formula is C6H9N3S3. The third-order valence-corrected chi connectivity index (χ3v) is 3.59. The predicted molar refractivity (Wildman–Crippen MR) is 58.8 cm³/mol. The molecule has 4 N–H and O–H groups in total.